The van der Waals surface area contributed by atoms with Crippen molar-refractivity contribution in [3.8, 4) is 5.75 Å². The van der Waals surface area contributed by atoms with Crippen LogP contribution in [0.15, 0.2) is 124 Å². The fourth-order valence-corrected chi connectivity index (χ4v) is 5.62. The fraction of sp³-hybridized carbons (Fsp3) is 0. The molecule has 0 unspecified atom stereocenters. The van der Waals surface area contributed by atoms with E-state index in [2.05, 4.69) is 0 Å². The molecule has 6 nitrogen and oxygen atoms in total. The van der Waals surface area contributed by atoms with Crippen LogP contribution < -0.4 is 9.08 Å². The number of aliphatic imine (C=N–C) groups is 1. The number of benzene rings is 4. The number of halogens is 1. The average Bonchev–Trinajstić information content (AvgIpc) is 3.20. The number of hydrogen-bond acceptors (Lipinski definition) is 6. The highest BCUT2D eigenvalue weighted by Crippen LogP contribution is 2.38. The monoisotopic (exact) mass is 546 g/mol. The molecule has 184 valence electrons. The zero-order chi connectivity index (χ0) is 25.8. The smallest absolute Gasteiger partial charge is 0.339 e. The van der Waals surface area contributed by atoms with E-state index in [0.29, 0.717) is 32.0 Å². The zero-order valence-electron chi connectivity index (χ0n) is 19.2. The summed E-state index contributed by atoms with van der Waals surface area (Å²) in [5.74, 6) is -0.181. The number of rotatable bonds is 6. The van der Waals surface area contributed by atoms with Gasteiger partial charge in [0.2, 0.25) is 0 Å². The normalized spacial score (nSPS) is 15.9. The fourth-order valence-electron chi connectivity index (χ4n) is 3.55. The highest BCUT2D eigenvalue weighted by Gasteiger charge is 2.35. The van der Waals surface area contributed by atoms with Crippen LogP contribution in [0, 0.1) is 0 Å². The molecular formula is C28H19ClN2O4S2. The second-order valence-corrected chi connectivity index (χ2v) is 10.8. The summed E-state index contributed by atoms with van der Waals surface area (Å²) in [7, 11) is -4.12. The van der Waals surface area contributed by atoms with Crippen molar-refractivity contribution in [2.24, 2.45) is 4.99 Å². The third-order valence-electron chi connectivity index (χ3n) is 5.31. The van der Waals surface area contributed by atoms with E-state index < -0.39 is 10.1 Å². The summed E-state index contributed by atoms with van der Waals surface area (Å²) in [5, 5.41) is 0.901. The molecule has 9 heteroatoms. The van der Waals surface area contributed by atoms with Gasteiger partial charge < -0.3 is 4.18 Å². The van der Waals surface area contributed by atoms with Crippen LogP contribution in [0.4, 0.5) is 11.4 Å². The summed E-state index contributed by atoms with van der Waals surface area (Å²) in [6, 6.07) is 30.9. The Kier molecular flexibility index (Phi) is 7.14. The molecule has 1 aliphatic heterocycles. The molecule has 0 atom stereocenters. The summed E-state index contributed by atoms with van der Waals surface area (Å²) in [5.41, 5.74) is 1.82. The van der Waals surface area contributed by atoms with Crippen molar-refractivity contribution in [3.05, 3.63) is 125 Å². The Bertz CT molecular complexity index is 1610. The number of amides is 1. The molecule has 4 aromatic rings. The molecule has 0 saturated carbocycles. The number of nitrogens with zero attached hydrogens (tertiary/aromatic N) is 2. The van der Waals surface area contributed by atoms with E-state index in [1.165, 1.54) is 47.0 Å². The van der Waals surface area contributed by atoms with Gasteiger partial charge >= 0.3 is 10.1 Å². The van der Waals surface area contributed by atoms with E-state index in [0.717, 1.165) is 0 Å². The maximum Gasteiger partial charge on any atom is 0.339 e. The van der Waals surface area contributed by atoms with Crippen LogP contribution in [0.5, 0.6) is 5.75 Å². The summed E-state index contributed by atoms with van der Waals surface area (Å²) in [6.45, 7) is 0. The van der Waals surface area contributed by atoms with Gasteiger partial charge in [-0.1, -0.05) is 66.2 Å². The standard InChI is InChI=1S/C28H19ClN2O4S2/c29-21-15-17-24(18-16-21)37(33,34)35-25-14-8-7-9-20(25)19-26-27(32)31(23-12-5-2-6-13-23)28(36-26)30-22-10-3-1-4-11-22/h1-19H/b26-19+,30-28?. The predicted molar refractivity (Wildman–Crippen MR) is 149 cm³/mol. The minimum atomic E-state index is -4.12. The second-order valence-electron chi connectivity index (χ2n) is 7.85. The van der Waals surface area contributed by atoms with Crippen LogP contribution in [0.3, 0.4) is 0 Å². The molecule has 1 aliphatic rings. The van der Waals surface area contributed by atoms with E-state index in [4.69, 9.17) is 20.8 Å². The molecule has 0 bridgehead atoms. The Hall–Kier alpha value is -3.85. The van der Waals surface area contributed by atoms with Crippen LogP contribution >= 0.6 is 23.4 Å². The lowest BCUT2D eigenvalue weighted by Crippen LogP contribution is -2.28. The molecule has 0 spiro atoms. The van der Waals surface area contributed by atoms with Crippen LogP contribution in [-0.2, 0) is 14.9 Å². The first kappa shape index (κ1) is 24.8. The molecule has 0 radical (unpaired) electrons. The molecule has 37 heavy (non-hydrogen) atoms. The number of anilines is 1. The van der Waals surface area contributed by atoms with Crippen molar-refractivity contribution < 1.29 is 17.4 Å². The van der Waals surface area contributed by atoms with Gasteiger partial charge in [-0.2, -0.15) is 8.42 Å². The number of amidine groups is 1. The lowest BCUT2D eigenvalue weighted by atomic mass is 10.2. The van der Waals surface area contributed by atoms with E-state index in [9.17, 15) is 13.2 Å². The van der Waals surface area contributed by atoms with Crippen LogP contribution in [-0.4, -0.2) is 19.5 Å². The quantitative estimate of drug-likeness (QED) is 0.194. The van der Waals surface area contributed by atoms with Gasteiger partial charge in [0.25, 0.3) is 5.91 Å². The number of thioether (sulfide) groups is 1. The molecule has 0 N–H and O–H groups in total. The first-order valence-electron chi connectivity index (χ1n) is 11.1. The molecular weight excluding hydrogens is 528 g/mol. The Morgan fingerprint density at radius 2 is 1.43 bits per heavy atom. The van der Waals surface area contributed by atoms with Gasteiger partial charge in [0, 0.05) is 10.6 Å². The number of hydrogen-bond donors (Lipinski definition) is 0. The van der Waals surface area contributed by atoms with Gasteiger partial charge in [0.1, 0.15) is 10.6 Å². The topological polar surface area (TPSA) is 76.0 Å². The Morgan fingerprint density at radius 3 is 2.14 bits per heavy atom. The van der Waals surface area contributed by atoms with Gasteiger partial charge in [0.15, 0.2) is 5.17 Å². The largest absolute Gasteiger partial charge is 0.378 e. The zero-order valence-corrected chi connectivity index (χ0v) is 21.6. The van der Waals surface area contributed by atoms with E-state index in [-0.39, 0.29) is 16.6 Å². The minimum Gasteiger partial charge on any atom is -0.378 e. The summed E-state index contributed by atoms with van der Waals surface area (Å²) in [4.78, 5) is 20.1. The molecule has 1 fully saturated rings. The molecule has 1 heterocycles. The first-order valence-corrected chi connectivity index (χ1v) is 13.7. The highest BCUT2D eigenvalue weighted by atomic mass is 35.5. The Labute approximate surface area is 224 Å². The van der Waals surface area contributed by atoms with Gasteiger partial charge in [-0.25, -0.2) is 4.99 Å². The summed E-state index contributed by atoms with van der Waals surface area (Å²) < 4.78 is 31.2. The maximum atomic E-state index is 13.5. The lowest BCUT2D eigenvalue weighted by molar-refractivity contribution is -0.113. The van der Waals surface area contributed by atoms with Crippen molar-refractivity contribution in [1.82, 2.24) is 0 Å². The number of carbonyl (C=O) groups is 1. The van der Waals surface area contributed by atoms with E-state index >= 15 is 0 Å². The number of carbonyl (C=O) groups excluding carboxylic acids is 1. The molecule has 5 rings (SSSR count). The van der Waals surface area contributed by atoms with Gasteiger partial charge in [-0.05, 0) is 72.4 Å². The van der Waals surface area contributed by atoms with Gasteiger partial charge in [0.05, 0.1) is 16.3 Å². The van der Waals surface area contributed by atoms with Crippen molar-refractivity contribution in [2.75, 3.05) is 4.90 Å². The Balaban J connectivity index is 1.52. The third kappa shape index (κ3) is 5.61. The lowest BCUT2D eigenvalue weighted by Gasteiger charge is -2.15. The third-order valence-corrected chi connectivity index (χ3v) is 7.78. The molecule has 1 saturated heterocycles. The predicted octanol–water partition coefficient (Wildman–Crippen LogP) is 6.92. The highest BCUT2D eigenvalue weighted by molar-refractivity contribution is 8.19. The van der Waals surface area contributed by atoms with E-state index in [1.54, 1.807) is 24.3 Å². The Morgan fingerprint density at radius 1 is 0.811 bits per heavy atom. The molecule has 1 amide bonds. The molecule has 4 aromatic carbocycles. The number of para-hydroxylation sites is 3. The van der Waals surface area contributed by atoms with Gasteiger partial charge in [-0.15, -0.1) is 0 Å². The van der Waals surface area contributed by atoms with Crippen LogP contribution in [0.2, 0.25) is 5.02 Å². The maximum absolute atomic E-state index is 13.5. The summed E-state index contributed by atoms with van der Waals surface area (Å²) in [6.07, 6.45) is 1.61. The second kappa shape index (κ2) is 10.6. The first-order chi connectivity index (χ1) is 17.9. The van der Waals surface area contributed by atoms with Crippen LogP contribution in [0.25, 0.3) is 6.08 Å². The van der Waals surface area contributed by atoms with Crippen LogP contribution in [0.1, 0.15) is 5.56 Å². The van der Waals surface area contributed by atoms with Gasteiger partial charge in [-0.3, -0.25) is 9.69 Å². The SMILES string of the molecule is O=C1/C(=C\c2ccccc2OS(=O)(=O)c2ccc(Cl)cc2)SC(=Nc2ccccc2)N1c1ccccc1. The average molecular weight is 547 g/mol. The molecule has 0 aliphatic carbocycles. The minimum absolute atomic E-state index is 0.0294. The van der Waals surface area contributed by atoms with Crippen molar-refractivity contribution in [3.63, 3.8) is 0 Å². The summed E-state index contributed by atoms with van der Waals surface area (Å²) >= 11 is 7.09. The molecule has 0 aromatic heterocycles. The van der Waals surface area contributed by atoms with Crippen molar-refractivity contribution in [2.45, 2.75) is 4.90 Å². The van der Waals surface area contributed by atoms with Crippen molar-refractivity contribution >= 4 is 62.0 Å². The van der Waals surface area contributed by atoms with Crippen molar-refractivity contribution in [1.29, 1.82) is 0 Å². The van der Waals surface area contributed by atoms with E-state index in [1.807, 2.05) is 60.7 Å².